The first-order valence-electron chi connectivity index (χ1n) is 10.8. The van der Waals surface area contributed by atoms with E-state index in [9.17, 15) is 4.79 Å². The summed E-state index contributed by atoms with van der Waals surface area (Å²) in [5.74, 6) is 0.532. The second kappa shape index (κ2) is 7.25. The fourth-order valence-electron chi connectivity index (χ4n) is 4.54. The van der Waals surface area contributed by atoms with Crippen molar-refractivity contribution in [2.75, 3.05) is 0 Å². The smallest absolute Gasteiger partial charge is 0.265 e. The second-order valence-electron chi connectivity index (χ2n) is 8.67. The highest BCUT2D eigenvalue weighted by Crippen LogP contribution is 2.35. The van der Waals surface area contributed by atoms with Crippen LogP contribution in [0.3, 0.4) is 0 Å². The van der Waals surface area contributed by atoms with Crippen LogP contribution in [-0.2, 0) is 6.54 Å². The van der Waals surface area contributed by atoms with Crippen LogP contribution in [0.1, 0.15) is 58.4 Å². The van der Waals surface area contributed by atoms with Crippen molar-refractivity contribution < 1.29 is 0 Å². The monoisotopic (exact) mass is 389 g/mol. The van der Waals surface area contributed by atoms with E-state index in [1.165, 1.54) is 19.3 Å². The van der Waals surface area contributed by atoms with Crippen LogP contribution in [0.25, 0.3) is 33.2 Å². The quantitative estimate of drug-likeness (QED) is 0.501. The Hall–Kier alpha value is -2.76. The van der Waals surface area contributed by atoms with E-state index in [0.29, 0.717) is 29.4 Å². The summed E-state index contributed by atoms with van der Waals surface area (Å²) in [5.41, 5.74) is 3.92. The molecule has 1 saturated carbocycles. The van der Waals surface area contributed by atoms with E-state index in [1.807, 2.05) is 24.3 Å². The predicted octanol–water partition coefficient (Wildman–Crippen LogP) is 4.85. The van der Waals surface area contributed by atoms with Gasteiger partial charge in [0.15, 0.2) is 11.3 Å². The average Bonchev–Trinajstić information content (AvgIpc) is 3.06. The lowest BCUT2D eigenvalue weighted by molar-refractivity contribution is 0.365. The topological polar surface area (TPSA) is 65.6 Å². The van der Waals surface area contributed by atoms with Gasteiger partial charge in [0, 0.05) is 12.6 Å². The summed E-state index contributed by atoms with van der Waals surface area (Å²) in [7, 11) is 0. The molecule has 6 nitrogen and oxygen atoms in total. The Bertz CT molecular complexity index is 1250. The van der Waals surface area contributed by atoms with E-state index in [2.05, 4.69) is 18.4 Å². The summed E-state index contributed by atoms with van der Waals surface area (Å²) in [5, 5.41) is 0.620. The van der Waals surface area contributed by atoms with Gasteiger partial charge in [-0.15, -0.1) is 0 Å². The van der Waals surface area contributed by atoms with Gasteiger partial charge in [0.2, 0.25) is 0 Å². The normalized spacial score (nSPS) is 15.8. The molecule has 3 heterocycles. The molecule has 0 atom stereocenters. The van der Waals surface area contributed by atoms with E-state index >= 15 is 0 Å². The number of aryl methyl sites for hydroxylation is 1. The van der Waals surface area contributed by atoms with E-state index in [1.54, 1.807) is 10.9 Å². The molecule has 6 heteroatoms. The van der Waals surface area contributed by atoms with Crippen LogP contribution in [0.2, 0.25) is 0 Å². The SMILES string of the molecule is CC(C)CCn1cnc2c(c1=O)c1nc3ccccc3nc1n2C1CCCCC1. The van der Waals surface area contributed by atoms with Gasteiger partial charge in [0.1, 0.15) is 10.9 Å². The molecule has 29 heavy (non-hydrogen) atoms. The predicted molar refractivity (Wildman–Crippen MR) is 116 cm³/mol. The third-order valence-electron chi connectivity index (χ3n) is 6.15. The van der Waals surface area contributed by atoms with Gasteiger partial charge < -0.3 is 4.57 Å². The van der Waals surface area contributed by atoms with E-state index in [-0.39, 0.29) is 5.56 Å². The maximum absolute atomic E-state index is 13.4. The van der Waals surface area contributed by atoms with Gasteiger partial charge in [-0.05, 0) is 37.3 Å². The molecule has 0 spiro atoms. The fourth-order valence-corrected chi connectivity index (χ4v) is 4.54. The highest BCUT2D eigenvalue weighted by Gasteiger charge is 2.25. The summed E-state index contributed by atoms with van der Waals surface area (Å²) in [6.45, 7) is 5.02. The molecule has 0 aliphatic heterocycles. The van der Waals surface area contributed by atoms with E-state index in [0.717, 1.165) is 41.6 Å². The molecule has 0 amide bonds. The molecule has 1 aromatic carbocycles. The Kier molecular flexibility index (Phi) is 4.57. The zero-order valence-electron chi connectivity index (χ0n) is 17.1. The van der Waals surface area contributed by atoms with Crippen LogP contribution in [0.15, 0.2) is 35.4 Å². The number of nitrogens with zero attached hydrogens (tertiary/aromatic N) is 5. The fraction of sp³-hybridized carbons (Fsp3) is 0.478. The van der Waals surface area contributed by atoms with Gasteiger partial charge in [0.05, 0.1) is 17.4 Å². The number of para-hydroxylation sites is 2. The van der Waals surface area contributed by atoms with Gasteiger partial charge in [-0.3, -0.25) is 9.36 Å². The largest absolute Gasteiger partial charge is 0.305 e. The molecule has 0 saturated heterocycles. The summed E-state index contributed by atoms with van der Waals surface area (Å²) < 4.78 is 3.95. The average molecular weight is 390 g/mol. The number of hydrogen-bond donors (Lipinski definition) is 0. The lowest BCUT2D eigenvalue weighted by Crippen LogP contribution is -2.22. The number of fused-ring (bicyclic) bond motifs is 4. The first-order chi connectivity index (χ1) is 14.1. The minimum absolute atomic E-state index is 0.000194. The Balaban J connectivity index is 1.81. The van der Waals surface area contributed by atoms with Crippen LogP contribution in [0, 0.1) is 5.92 Å². The van der Waals surface area contributed by atoms with Crippen LogP contribution in [0.5, 0.6) is 0 Å². The first-order valence-corrected chi connectivity index (χ1v) is 10.8. The van der Waals surface area contributed by atoms with Crippen molar-refractivity contribution in [3.05, 3.63) is 40.9 Å². The molecular formula is C23H27N5O. The molecule has 1 aliphatic rings. The Morgan fingerprint density at radius 2 is 1.76 bits per heavy atom. The van der Waals surface area contributed by atoms with Crippen molar-refractivity contribution in [2.24, 2.45) is 5.92 Å². The second-order valence-corrected chi connectivity index (χ2v) is 8.67. The van der Waals surface area contributed by atoms with Crippen LogP contribution in [0.4, 0.5) is 0 Å². The third-order valence-corrected chi connectivity index (χ3v) is 6.15. The van der Waals surface area contributed by atoms with Crippen molar-refractivity contribution in [2.45, 2.75) is 65.0 Å². The van der Waals surface area contributed by atoms with Crippen molar-refractivity contribution >= 4 is 33.2 Å². The van der Waals surface area contributed by atoms with E-state index in [4.69, 9.17) is 15.0 Å². The van der Waals surface area contributed by atoms with Crippen molar-refractivity contribution in [3.63, 3.8) is 0 Å². The molecule has 0 radical (unpaired) electrons. The number of aromatic nitrogens is 5. The van der Waals surface area contributed by atoms with Gasteiger partial charge in [-0.25, -0.2) is 15.0 Å². The lowest BCUT2D eigenvalue weighted by Gasteiger charge is -2.24. The maximum atomic E-state index is 13.4. The molecule has 1 aliphatic carbocycles. The zero-order chi connectivity index (χ0) is 20.0. The molecule has 3 aromatic heterocycles. The summed E-state index contributed by atoms with van der Waals surface area (Å²) in [6, 6.07) is 8.21. The number of hydrogen-bond acceptors (Lipinski definition) is 4. The molecule has 4 aromatic rings. The molecule has 0 N–H and O–H groups in total. The van der Waals surface area contributed by atoms with Gasteiger partial charge in [-0.1, -0.05) is 45.2 Å². The molecule has 0 bridgehead atoms. The Labute approximate surface area is 169 Å². The van der Waals surface area contributed by atoms with Crippen LogP contribution in [-0.4, -0.2) is 24.1 Å². The van der Waals surface area contributed by atoms with Crippen LogP contribution < -0.4 is 5.56 Å². The molecule has 150 valence electrons. The highest BCUT2D eigenvalue weighted by molar-refractivity contribution is 6.04. The molecule has 0 unspecified atom stereocenters. The Morgan fingerprint density at radius 1 is 1.03 bits per heavy atom. The maximum Gasteiger partial charge on any atom is 0.265 e. The molecular weight excluding hydrogens is 362 g/mol. The Morgan fingerprint density at radius 3 is 2.48 bits per heavy atom. The van der Waals surface area contributed by atoms with Gasteiger partial charge >= 0.3 is 0 Å². The standard InChI is InChI=1S/C23H27N5O/c1-15(2)12-13-27-14-24-21-19(23(27)29)20-22(28(21)16-8-4-3-5-9-16)26-18-11-7-6-10-17(18)25-20/h6-7,10-11,14-16H,3-5,8-9,12-13H2,1-2H3. The molecule has 5 rings (SSSR count). The zero-order valence-corrected chi connectivity index (χ0v) is 17.1. The van der Waals surface area contributed by atoms with Gasteiger partial charge in [0.25, 0.3) is 5.56 Å². The minimum Gasteiger partial charge on any atom is -0.305 e. The lowest BCUT2D eigenvalue weighted by atomic mass is 9.95. The first kappa shape index (κ1) is 18.3. The minimum atomic E-state index is -0.000194. The van der Waals surface area contributed by atoms with Crippen molar-refractivity contribution in [1.82, 2.24) is 24.1 Å². The van der Waals surface area contributed by atoms with Crippen LogP contribution >= 0.6 is 0 Å². The van der Waals surface area contributed by atoms with Gasteiger partial charge in [-0.2, -0.15) is 0 Å². The highest BCUT2D eigenvalue weighted by atomic mass is 16.1. The summed E-state index contributed by atoms with van der Waals surface area (Å²) in [4.78, 5) is 28.0. The van der Waals surface area contributed by atoms with E-state index < -0.39 is 0 Å². The summed E-state index contributed by atoms with van der Waals surface area (Å²) in [6.07, 6.45) is 8.55. The van der Waals surface area contributed by atoms with Crippen molar-refractivity contribution in [3.8, 4) is 0 Å². The molecule has 1 fully saturated rings. The van der Waals surface area contributed by atoms with Crippen molar-refractivity contribution in [1.29, 1.82) is 0 Å². The third kappa shape index (κ3) is 3.11. The summed E-state index contributed by atoms with van der Waals surface area (Å²) >= 11 is 0. The number of rotatable bonds is 4. The number of benzene rings is 1.